The Balaban J connectivity index is 0.000000249. The molecule has 2 aromatic rings. The molecule has 1 atom stereocenters. The van der Waals surface area contributed by atoms with E-state index < -0.39 is 0 Å². The molecule has 2 aromatic carbocycles. The Morgan fingerprint density at radius 3 is 2.04 bits per heavy atom. The normalized spacial score (nSPS) is 12.8. The third-order valence-electron chi connectivity index (χ3n) is 5.30. The molecule has 2 nitrogen and oxygen atoms in total. The fourth-order valence-electron chi connectivity index (χ4n) is 3.56. The number of allylic oxidation sites excluding steroid dienone is 1. The lowest BCUT2D eigenvalue weighted by Crippen LogP contribution is -2.07. The number of unbranched alkanes of at least 4 members (excludes halogenated alkanes) is 1. The third kappa shape index (κ3) is 5.31. The van der Waals surface area contributed by atoms with Crippen LogP contribution in [0.4, 0.5) is 0 Å². The van der Waals surface area contributed by atoms with Crippen LogP contribution >= 0.6 is 0 Å². The van der Waals surface area contributed by atoms with Crippen molar-refractivity contribution in [2.45, 2.75) is 52.9 Å². The maximum absolute atomic E-state index is 9.23. The average Bonchev–Trinajstić information content (AvgIpc) is 2.72. The highest BCUT2D eigenvalue weighted by Crippen LogP contribution is 2.37. The van der Waals surface area contributed by atoms with Crippen LogP contribution in [0.1, 0.15) is 68.7 Å². The second-order valence-corrected chi connectivity index (χ2v) is 7.20. The van der Waals surface area contributed by atoms with Crippen LogP contribution in [0.2, 0.25) is 0 Å². The molecule has 0 heterocycles. The molecule has 0 saturated heterocycles. The van der Waals surface area contributed by atoms with Crippen LogP contribution in [0.25, 0.3) is 5.57 Å². The topological polar surface area (TPSA) is 44.0 Å². The highest BCUT2D eigenvalue weighted by atomic mass is 16.3. The van der Waals surface area contributed by atoms with Gasteiger partial charge in [0.2, 0.25) is 0 Å². The largest absolute Gasteiger partial charge is 0.396 e. The third-order valence-corrected chi connectivity index (χ3v) is 5.30. The quantitative estimate of drug-likeness (QED) is 0.555. The predicted molar refractivity (Wildman–Crippen MR) is 113 cm³/mol. The minimum Gasteiger partial charge on any atom is -0.396 e. The summed E-state index contributed by atoms with van der Waals surface area (Å²) in [7, 11) is 0. The van der Waals surface area contributed by atoms with E-state index in [4.69, 9.17) is 5.11 Å². The van der Waals surface area contributed by atoms with Gasteiger partial charge < -0.3 is 5.11 Å². The number of fused-ring (bicyclic) bond motifs is 2. The van der Waals surface area contributed by atoms with Gasteiger partial charge in [0.25, 0.3) is 0 Å². The minimum atomic E-state index is 0.372. The van der Waals surface area contributed by atoms with Gasteiger partial charge in [-0.05, 0) is 47.9 Å². The van der Waals surface area contributed by atoms with Crippen LogP contribution in [0.5, 0.6) is 0 Å². The first-order chi connectivity index (χ1) is 13.2. The summed E-state index contributed by atoms with van der Waals surface area (Å²) in [6, 6.07) is 19.0. The highest BCUT2D eigenvalue weighted by molar-refractivity contribution is 5.88. The SMILES string of the molecule is CC(C#N)=C1c2ccccc2Cc2ccccc21.CCCCC(CC)CO. The number of benzene rings is 2. The summed E-state index contributed by atoms with van der Waals surface area (Å²) in [5.41, 5.74) is 6.90. The van der Waals surface area contributed by atoms with Gasteiger partial charge in [0.15, 0.2) is 0 Å². The number of hydrogen-bond donors (Lipinski definition) is 1. The van der Waals surface area contributed by atoms with Crippen LogP contribution in [0.3, 0.4) is 0 Å². The number of nitrogens with zero attached hydrogens (tertiary/aromatic N) is 1. The van der Waals surface area contributed by atoms with Crippen LogP contribution in [0.15, 0.2) is 54.1 Å². The fraction of sp³-hybridized carbons (Fsp3) is 0.400. The van der Waals surface area contributed by atoms with Crippen molar-refractivity contribution in [1.82, 2.24) is 0 Å². The van der Waals surface area contributed by atoms with E-state index in [2.05, 4.69) is 56.3 Å². The summed E-state index contributed by atoms with van der Waals surface area (Å²) in [4.78, 5) is 0. The Labute approximate surface area is 164 Å². The molecule has 0 aliphatic heterocycles. The molecule has 3 rings (SSSR count). The monoisotopic (exact) mass is 361 g/mol. The summed E-state index contributed by atoms with van der Waals surface area (Å²) in [6.07, 6.45) is 5.78. The van der Waals surface area contributed by atoms with Crippen molar-refractivity contribution in [2.75, 3.05) is 6.61 Å². The smallest absolute Gasteiger partial charge is 0.0950 e. The van der Waals surface area contributed by atoms with E-state index in [0.29, 0.717) is 12.5 Å². The standard InChI is InChI=1S/C17H13N.C8H18O/c1-12(11-18)17-15-8-4-2-6-13(15)10-14-7-3-5-9-16(14)17;1-3-5-6-8(4-2)7-9/h2-9H,10H2,1H3;8-9H,3-7H2,1-2H3. The van der Waals surface area contributed by atoms with Crippen molar-refractivity contribution in [3.8, 4) is 6.07 Å². The van der Waals surface area contributed by atoms with Gasteiger partial charge in [0.05, 0.1) is 6.07 Å². The summed E-state index contributed by atoms with van der Waals surface area (Å²) in [5.74, 6) is 0.560. The van der Waals surface area contributed by atoms with Crippen molar-refractivity contribution < 1.29 is 5.11 Å². The summed E-state index contributed by atoms with van der Waals surface area (Å²) in [6.45, 7) is 6.59. The van der Waals surface area contributed by atoms with E-state index in [0.717, 1.165) is 24.0 Å². The second-order valence-electron chi connectivity index (χ2n) is 7.20. The van der Waals surface area contributed by atoms with E-state index in [-0.39, 0.29) is 0 Å². The Morgan fingerprint density at radius 2 is 1.59 bits per heavy atom. The fourth-order valence-corrected chi connectivity index (χ4v) is 3.56. The van der Waals surface area contributed by atoms with E-state index in [1.165, 1.54) is 41.5 Å². The van der Waals surface area contributed by atoms with Crippen LogP contribution in [-0.4, -0.2) is 11.7 Å². The molecule has 0 amide bonds. The van der Waals surface area contributed by atoms with Crippen molar-refractivity contribution in [3.05, 3.63) is 76.4 Å². The second kappa shape index (κ2) is 10.7. The van der Waals surface area contributed by atoms with E-state index >= 15 is 0 Å². The zero-order chi connectivity index (χ0) is 19.6. The molecule has 1 N–H and O–H groups in total. The first-order valence-corrected chi connectivity index (χ1v) is 10.0. The molecule has 0 bridgehead atoms. The molecule has 0 spiro atoms. The molecule has 0 saturated carbocycles. The molecule has 1 aliphatic rings. The molecule has 142 valence electrons. The number of aliphatic hydroxyl groups excluding tert-OH is 1. The lowest BCUT2D eigenvalue weighted by atomic mass is 9.80. The zero-order valence-electron chi connectivity index (χ0n) is 16.8. The summed E-state index contributed by atoms with van der Waals surface area (Å²) >= 11 is 0. The van der Waals surface area contributed by atoms with E-state index in [1.54, 1.807) is 0 Å². The molecule has 27 heavy (non-hydrogen) atoms. The maximum Gasteiger partial charge on any atom is 0.0950 e. The molecule has 0 radical (unpaired) electrons. The number of nitriles is 1. The molecule has 1 aliphatic carbocycles. The van der Waals surface area contributed by atoms with Crippen molar-refractivity contribution in [1.29, 1.82) is 5.26 Å². The predicted octanol–water partition coefficient (Wildman–Crippen LogP) is 6.13. The molecule has 1 unspecified atom stereocenters. The minimum absolute atomic E-state index is 0.372. The lowest BCUT2D eigenvalue weighted by Gasteiger charge is -2.23. The first kappa shape index (κ1) is 20.9. The number of aliphatic hydroxyl groups is 1. The average molecular weight is 362 g/mol. The first-order valence-electron chi connectivity index (χ1n) is 10.0. The van der Waals surface area contributed by atoms with Crippen molar-refractivity contribution in [3.63, 3.8) is 0 Å². The van der Waals surface area contributed by atoms with Gasteiger partial charge >= 0.3 is 0 Å². The molecular formula is C25H31NO. The lowest BCUT2D eigenvalue weighted by molar-refractivity contribution is 0.212. The molecular weight excluding hydrogens is 330 g/mol. The Hall–Kier alpha value is -2.37. The van der Waals surface area contributed by atoms with Gasteiger partial charge in [-0.1, -0.05) is 81.6 Å². The molecule has 0 aromatic heterocycles. The Bertz CT molecular complexity index is 762. The zero-order valence-corrected chi connectivity index (χ0v) is 16.8. The van der Waals surface area contributed by atoms with Gasteiger partial charge in [0, 0.05) is 17.8 Å². The number of rotatable bonds is 5. The highest BCUT2D eigenvalue weighted by Gasteiger charge is 2.20. The summed E-state index contributed by atoms with van der Waals surface area (Å²) < 4.78 is 0. The van der Waals surface area contributed by atoms with Gasteiger partial charge in [-0.15, -0.1) is 0 Å². The maximum atomic E-state index is 9.23. The Morgan fingerprint density at radius 1 is 1.04 bits per heavy atom. The van der Waals surface area contributed by atoms with E-state index in [1.807, 2.05) is 19.1 Å². The Kier molecular flexibility index (Phi) is 8.30. The van der Waals surface area contributed by atoms with Gasteiger partial charge in [-0.3, -0.25) is 0 Å². The van der Waals surface area contributed by atoms with Gasteiger partial charge in [-0.2, -0.15) is 5.26 Å². The summed E-state index contributed by atoms with van der Waals surface area (Å²) in [5, 5.41) is 18.0. The van der Waals surface area contributed by atoms with Crippen LogP contribution in [0, 0.1) is 17.2 Å². The number of hydrogen-bond acceptors (Lipinski definition) is 2. The molecule has 2 heteroatoms. The van der Waals surface area contributed by atoms with Crippen molar-refractivity contribution >= 4 is 5.57 Å². The van der Waals surface area contributed by atoms with E-state index in [9.17, 15) is 5.26 Å². The van der Waals surface area contributed by atoms with Crippen LogP contribution in [-0.2, 0) is 6.42 Å². The van der Waals surface area contributed by atoms with Crippen LogP contribution < -0.4 is 0 Å². The van der Waals surface area contributed by atoms with Crippen molar-refractivity contribution in [2.24, 2.45) is 5.92 Å². The van der Waals surface area contributed by atoms with Gasteiger partial charge in [0.1, 0.15) is 0 Å². The van der Waals surface area contributed by atoms with Gasteiger partial charge in [-0.25, -0.2) is 0 Å². The molecule has 0 fully saturated rings.